The maximum absolute atomic E-state index is 14.6. The molecule has 5 rings (SSSR count). The lowest BCUT2D eigenvalue weighted by Gasteiger charge is -2.31. The van der Waals surface area contributed by atoms with Gasteiger partial charge in [-0.2, -0.15) is 0 Å². The van der Waals surface area contributed by atoms with E-state index in [1.165, 1.54) is 0 Å². The van der Waals surface area contributed by atoms with Gasteiger partial charge >= 0.3 is 0 Å². The highest BCUT2D eigenvalue weighted by Crippen LogP contribution is 2.32. The molecule has 1 N–H and O–H groups in total. The average molecular weight is 472 g/mol. The summed E-state index contributed by atoms with van der Waals surface area (Å²) < 4.78 is 41.1. The molecule has 3 aromatic rings. The lowest BCUT2D eigenvalue weighted by Crippen LogP contribution is -2.43. The summed E-state index contributed by atoms with van der Waals surface area (Å²) >= 11 is 0. The standard InChI is InChI=1S/C22H26FN7O2S/c1-29(2)20-13-24-18-6-3-14(11-19(18)27-20)21-17(23)12-25-22(28-21)26-15-7-9-30(10-8-15)33(31,32)16-4-5-16/h3,6,11-13,15-16H,4-5,7-10H2,1-2H3,(H,25,26,28). The molecule has 174 valence electrons. The van der Waals surface area contributed by atoms with Crippen LogP contribution in [0.4, 0.5) is 16.2 Å². The highest BCUT2D eigenvalue weighted by Gasteiger charge is 2.41. The molecule has 2 fully saturated rings. The zero-order chi connectivity index (χ0) is 23.2. The second kappa shape index (κ2) is 8.45. The number of piperidine rings is 1. The second-order valence-corrected chi connectivity index (χ2v) is 11.0. The van der Waals surface area contributed by atoms with Gasteiger partial charge in [-0.15, -0.1) is 0 Å². The van der Waals surface area contributed by atoms with Crippen molar-refractivity contribution in [1.82, 2.24) is 24.2 Å². The number of sulfonamides is 1. The number of fused-ring (bicyclic) bond motifs is 1. The van der Waals surface area contributed by atoms with E-state index in [2.05, 4.69) is 25.3 Å². The van der Waals surface area contributed by atoms with Crippen molar-refractivity contribution in [3.8, 4) is 11.3 Å². The van der Waals surface area contributed by atoms with Crippen LogP contribution in [0.2, 0.25) is 0 Å². The molecule has 0 atom stereocenters. The van der Waals surface area contributed by atoms with E-state index in [0.717, 1.165) is 19.0 Å². The number of hydrogen-bond donors (Lipinski definition) is 1. The van der Waals surface area contributed by atoms with Crippen LogP contribution in [0.5, 0.6) is 0 Å². The molecule has 1 saturated carbocycles. The lowest BCUT2D eigenvalue weighted by atomic mass is 10.1. The fourth-order valence-electron chi connectivity index (χ4n) is 4.02. The minimum absolute atomic E-state index is 0.0269. The summed E-state index contributed by atoms with van der Waals surface area (Å²) in [5.41, 5.74) is 2.13. The summed E-state index contributed by atoms with van der Waals surface area (Å²) in [6.45, 7) is 0.949. The molecule has 0 amide bonds. The lowest BCUT2D eigenvalue weighted by molar-refractivity contribution is 0.328. The number of halogens is 1. The van der Waals surface area contributed by atoms with Gasteiger partial charge in [-0.1, -0.05) is 6.07 Å². The number of nitrogens with zero attached hydrogens (tertiary/aromatic N) is 6. The van der Waals surface area contributed by atoms with E-state index in [1.54, 1.807) is 28.7 Å². The minimum atomic E-state index is -3.15. The van der Waals surface area contributed by atoms with Crippen molar-refractivity contribution in [3.05, 3.63) is 36.4 Å². The first-order chi connectivity index (χ1) is 15.8. The summed E-state index contributed by atoms with van der Waals surface area (Å²) in [4.78, 5) is 19.4. The van der Waals surface area contributed by atoms with E-state index >= 15 is 0 Å². The van der Waals surface area contributed by atoms with Crippen molar-refractivity contribution in [2.24, 2.45) is 0 Å². The zero-order valence-corrected chi connectivity index (χ0v) is 19.4. The van der Waals surface area contributed by atoms with E-state index in [9.17, 15) is 12.8 Å². The van der Waals surface area contributed by atoms with E-state index in [1.807, 2.05) is 19.0 Å². The molecule has 9 nitrogen and oxygen atoms in total. The molecule has 33 heavy (non-hydrogen) atoms. The van der Waals surface area contributed by atoms with E-state index in [-0.39, 0.29) is 17.0 Å². The number of hydrogen-bond acceptors (Lipinski definition) is 8. The van der Waals surface area contributed by atoms with Crippen LogP contribution in [0.3, 0.4) is 0 Å². The van der Waals surface area contributed by atoms with Crippen LogP contribution in [0, 0.1) is 5.82 Å². The Morgan fingerprint density at radius 3 is 2.48 bits per heavy atom. The van der Waals surface area contributed by atoms with Crippen LogP contribution in [-0.4, -0.2) is 71.1 Å². The molecule has 0 spiro atoms. The molecule has 1 aromatic carbocycles. The van der Waals surface area contributed by atoms with Gasteiger partial charge in [-0.25, -0.2) is 32.1 Å². The van der Waals surface area contributed by atoms with Gasteiger partial charge in [0.25, 0.3) is 0 Å². The van der Waals surface area contributed by atoms with Gasteiger partial charge in [0.2, 0.25) is 16.0 Å². The first-order valence-corrected chi connectivity index (χ1v) is 12.5. The van der Waals surface area contributed by atoms with Crippen molar-refractivity contribution < 1.29 is 12.8 Å². The number of benzene rings is 1. The molecule has 0 radical (unpaired) electrons. The topological polar surface area (TPSA) is 104 Å². The van der Waals surface area contributed by atoms with Crippen LogP contribution in [-0.2, 0) is 10.0 Å². The number of nitrogens with one attached hydrogen (secondary N) is 1. The van der Waals surface area contributed by atoms with E-state index < -0.39 is 15.8 Å². The molecule has 11 heteroatoms. The van der Waals surface area contributed by atoms with Gasteiger partial charge in [0.15, 0.2) is 5.82 Å². The Balaban J connectivity index is 1.33. The zero-order valence-electron chi connectivity index (χ0n) is 18.6. The second-order valence-electron chi connectivity index (χ2n) is 8.78. The smallest absolute Gasteiger partial charge is 0.223 e. The molecule has 2 aromatic heterocycles. The third kappa shape index (κ3) is 4.47. The Hall–Kier alpha value is -2.92. The Bertz CT molecular complexity index is 1290. The molecule has 1 saturated heterocycles. The predicted octanol–water partition coefficient (Wildman–Crippen LogP) is 2.66. The van der Waals surface area contributed by atoms with Crippen molar-refractivity contribution in [2.75, 3.05) is 37.4 Å². The SMILES string of the molecule is CN(C)c1cnc2ccc(-c3nc(NC4CCN(S(=O)(=O)C5CC5)CC4)ncc3F)cc2n1. The Kier molecular flexibility index (Phi) is 5.61. The molecular formula is C22H26FN7O2S. The van der Waals surface area contributed by atoms with Crippen LogP contribution in [0.25, 0.3) is 22.3 Å². The van der Waals surface area contributed by atoms with Crippen LogP contribution in [0.15, 0.2) is 30.6 Å². The van der Waals surface area contributed by atoms with Crippen LogP contribution < -0.4 is 10.2 Å². The van der Waals surface area contributed by atoms with Crippen molar-refractivity contribution in [3.63, 3.8) is 0 Å². The largest absolute Gasteiger partial charge is 0.361 e. The molecule has 1 aliphatic heterocycles. The van der Waals surface area contributed by atoms with Gasteiger partial charge in [-0.05, 0) is 37.8 Å². The molecule has 2 aliphatic rings. The fourth-order valence-corrected chi connectivity index (χ4v) is 5.89. The highest BCUT2D eigenvalue weighted by atomic mass is 32.2. The summed E-state index contributed by atoms with van der Waals surface area (Å²) in [6.07, 6.45) is 5.69. The van der Waals surface area contributed by atoms with E-state index in [4.69, 9.17) is 0 Å². The Morgan fingerprint density at radius 2 is 1.79 bits per heavy atom. The fraction of sp³-hybridized carbons (Fsp3) is 0.455. The Morgan fingerprint density at radius 1 is 1.03 bits per heavy atom. The first kappa shape index (κ1) is 21.9. The predicted molar refractivity (Wildman–Crippen MR) is 125 cm³/mol. The summed E-state index contributed by atoms with van der Waals surface area (Å²) in [6, 6.07) is 5.36. The number of aromatic nitrogens is 4. The maximum Gasteiger partial charge on any atom is 0.223 e. The normalized spacial score (nSPS) is 17.9. The molecule has 0 unspecified atom stereocenters. The molecule has 1 aliphatic carbocycles. The Labute approximate surface area is 192 Å². The van der Waals surface area contributed by atoms with Crippen molar-refractivity contribution in [1.29, 1.82) is 0 Å². The number of anilines is 2. The van der Waals surface area contributed by atoms with Gasteiger partial charge in [0.05, 0.1) is 28.7 Å². The average Bonchev–Trinajstić information content (AvgIpc) is 3.66. The van der Waals surface area contributed by atoms with Gasteiger partial charge < -0.3 is 10.2 Å². The van der Waals surface area contributed by atoms with Gasteiger partial charge in [0, 0.05) is 38.8 Å². The summed E-state index contributed by atoms with van der Waals surface area (Å²) in [7, 11) is 0.616. The maximum atomic E-state index is 14.6. The molecule has 0 bridgehead atoms. The highest BCUT2D eigenvalue weighted by molar-refractivity contribution is 7.90. The van der Waals surface area contributed by atoms with Crippen LogP contribution in [0.1, 0.15) is 25.7 Å². The summed E-state index contributed by atoms with van der Waals surface area (Å²) in [5, 5.41) is 3.06. The third-order valence-corrected chi connectivity index (χ3v) is 8.50. The monoisotopic (exact) mass is 471 g/mol. The molecular weight excluding hydrogens is 445 g/mol. The van der Waals surface area contributed by atoms with Crippen LogP contribution >= 0.6 is 0 Å². The minimum Gasteiger partial charge on any atom is -0.361 e. The molecule has 3 heterocycles. The third-order valence-electron chi connectivity index (χ3n) is 6.10. The van der Waals surface area contributed by atoms with E-state index in [0.29, 0.717) is 54.3 Å². The van der Waals surface area contributed by atoms with Gasteiger partial charge in [-0.3, -0.25) is 4.98 Å². The first-order valence-electron chi connectivity index (χ1n) is 11.0. The van der Waals surface area contributed by atoms with Crippen molar-refractivity contribution in [2.45, 2.75) is 37.0 Å². The van der Waals surface area contributed by atoms with Crippen molar-refractivity contribution >= 4 is 32.8 Å². The summed E-state index contributed by atoms with van der Waals surface area (Å²) in [5.74, 6) is 0.505. The van der Waals surface area contributed by atoms with Gasteiger partial charge in [0.1, 0.15) is 11.5 Å². The quantitative estimate of drug-likeness (QED) is 0.585. The number of rotatable bonds is 6.